The molecule has 0 saturated carbocycles. The molecule has 10 heteroatoms. The van der Waals surface area contributed by atoms with Gasteiger partial charge in [0.05, 0.1) is 64.8 Å². The summed E-state index contributed by atoms with van der Waals surface area (Å²) in [6.45, 7) is 23.0. The van der Waals surface area contributed by atoms with Crippen LogP contribution in [0.1, 0.15) is 137 Å². The molecule has 0 aliphatic carbocycles. The Morgan fingerprint density at radius 1 is 0.810 bits per heavy atom. The van der Waals surface area contributed by atoms with Gasteiger partial charge in [-0.3, -0.25) is 9.79 Å². The highest BCUT2D eigenvalue weighted by molar-refractivity contribution is 6.16. The number of H-pyrrole nitrogens is 3. The molecule has 5 aliphatic rings. The van der Waals surface area contributed by atoms with Crippen molar-refractivity contribution in [2.75, 3.05) is 13.9 Å². The molecule has 8 rings (SSSR count). The number of aromatic nitrogens is 3. The van der Waals surface area contributed by atoms with Crippen molar-refractivity contribution >= 4 is 29.2 Å². The molecule has 4 N–H and O–H groups in total. The number of aromatic amines is 3. The van der Waals surface area contributed by atoms with Gasteiger partial charge in [-0.15, -0.1) is 0 Å². The van der Waals surface area contributed by atoms with Gasteiger partial charge in [-0.2, -0.15) is 0 Å². The smallest absolute Gasteiger partial charge is 0.305 e. The molecule has 0 spiro atoms. The van der Waals surface area contributed by atoms with Crippen LogP contribution in [-0.4, -0.2) is 64.6 Å². The van der Waals surface area contributed by atoms with Crippen LogP contribution in [0.2, 0.25) is 0 Å². The fourth-order valence-corrected chi connectivity index (χ4v) is 10.5. The molecule has 3 unspecified atom stereocenters. The lowest BCUT2D eigenvalue weighted by atomic mass is 9.88. The Labute approximate surface area is 343 Å². The zero-order valence-corrected chi connectivity index (χ0v) is 36.5. The number of carbonyl (C=O) groups excluding carboxylic acids is 1. The number of carbonyl (C=O) groups is 1. The molecule has 3 aromatic heterocycles. The van der Waals surface area contributed by atoms with Crippen molar-refractivity contribution in [2.45, 2.75) is 145 Å². The van der Waals surface area contributed by atoms with E-state index < -0.39 is 0 Å². The van der Waals surface area contributed by atoms with Crippen LogP contribution >= 0.6 is 0 Å². The number of hydrogen-bond donors (Lipinski definition) is 4. The first-order valence-corrected chi connectivity index (χ1v) is 21.7. The Morgan fingerprint density at radius 2 is 1.52 bits per heavy atom. The van der Waals surface area contributed by atoms with Gasteiger partial charge in [-0.1, -0.05) is 34.6 Å². The molecule has 10 nitrogen and oxygen atoms in total. The number of ether oxygens (including phenoxy) is 3. The van der Waals surface area contributed by atoms with Crippen LogP contribution in [0.3, 0.4) is 0 Å². The molecule has 5 aliphatic heterocycles. The van der Waals surface area contributed by atoms with E-state index in [0.717, 1.165) is 102 Å². The molecule has 0 radical (unpaired) electrons. The van der Waals surface area contributed by atoms with Crippen LogP contribution < -0.4 is 5.32 Å². The number of esters is 1. The highest BCUT2D eigenvalue weighted by atomic mass is 16.8. The van der Waals surface area contributed by atoms with Crippen LogP contribution in [0.5, 0.6) is 0 Å². The van der Waals surface area contributed by atoms with E-state index in [2.05, 4.69) is 95.6 Å². The van der Waals surface area contributed by atoms with Gasteiger partial charge in [-0.05, 0) is 140 Å². The largest absolute Gasteiger partial charge is 0.469 e. The molecule has 8 heterocycles. The molecule has 12 bridgehead atoms. The molecule has 3 atom stereocenters. The number of fused-ring (bicyclic) bond motifs is 14. The molecule has 3 aromatic rings. The predicted molar refractivity (Wildman–Crippen MR) is 233 cm³/mol. The minimum Gasteiger partial charge on any atom is -0.469 e. The average Bonchev–Trinajstić information content (AvgIpc) is 4.01. The number of nitrogens with zero attached hydrogens (tertiary/aromatic N) is 2. The van der Waals surface area contributed by atoms with E-state index in [9.17, 15) is 4.79 Å². The second kappa shape index (κ2) is 15.8. The summed E-state index contributed by atoms with van der Waals surface area (Å²) < 4.78 is 16.5. The van der Waals surface area contributed by atoms with Crippen molar-refractivity contribution in [3.05, 3.63) is 89.7 Å². The minimum atomic E-state index is -0.222. The summed E-state index contributed by atoms with van der Waals surface area (Å²) in [4.78, 5) is 35.6. The molecule has 0 amide bonds. The second-order valence-electron chi connectivity index (χ2n) is 16.8. The maximum atomic E-state index is 12.6. The summed E-state index contributed by atoms with van der Waals surface area (Å²) in [5.41, 5.74) is 24.9. The van der Waals surface area contributed by atoms with Gasteiger partial charge in [0.1, 0.15) is 0 Å². The molecular weight excluding hydrogens is 725 g/mol. The SMILES string of the molecule is CCC1=C(C)C2=NC1Cc1[nH]c(c(CCC(=O)OC)c1C)C1=N/C(=C\c3[nH]c(c(C)c3CC)-c3[nH]c(c(CC)c3C)C3=C(CC)C(C)C2N3)C(C)=C1CCC1OCO1. The van der Waals surface area contributed by atoms with E-state index in [1.807, 2.05) is 0 Å². The molecule has 308 valence electrons. The van der Waals surface area contributed by atoms with Crippen LogP contribution in [0.4, 0.5) is 0 Å². The third kappa shape index (κ3) is 6.51. The lowest BCUT2D eigenvalue weighted by Crippen LogP contribution is -2.36. The highest BCUT2D eigenvalue weighted by Crippen LogP contribution is 2.43. The zero-order chi connectivity index (χ0) is 41.2. The Morgan fingerprint density at radius 3 is 2.17 bits per heavy atom. The Hall–Kier alpha value is -4.67. The van der Waals surface area contributed by atoms with Crippen LogP contribution in [0.15, 0.2) is 43.5 Å². The topological polar surface area (TPSA) is 129 Å². The van der Waals surface area contributed by atoms with Gasteiger partial charge in [0.2, 0.25) is 0 Å². The van der Waals surface area contributed by atoms with E-state index in [0.29, 0.717) is 13.2 Å². The van der Waals surface area contributed by atoms with Crippen LogP contribution in [-0.2, 0) is 44.7 Å². The molecule has 0 aromatic carbocycles. The summed E-state index contributed by atoms with van der Waals surface area (Å²) in [6.07, 6.45) is 8.80. The second-order valence-corrected chi connectivity index (χ2v) is 16.8. The summed E-state index contributed by atoms with van der Waals surface area (Å²) in [6, 6.07) is 0.0931. The summed E-state index contributed by atoms with van der Waals surface area (Å²) in [5, 5.41) is 4.09. The van der Waals surface area contributed by atoms with E-state index in [-0.39, 0.29) is 36.7 Å². The summed E-state index contributed by atoms with van der Waals surface area (Å²) >= 11 is 0. The lowest BCUT2D eigenvalue weighted by Gasteiger charge is -2.27. The van der Waals surface area contributed by atoms with Gasteiger partial charge in [0.25, 0.3) is 0 Å². The molecular formula is C48H62N6O4. The number of aliphatic imine (C=N–C) groups is 2. The fourth-order valence-electron chi connectivity index (χ4n) is 10.5. The predicted octanol–water partition coefficient (Wildman–Crippen LogP) is 9.60. The number of allylic oxidation sites excluding steroid dienone is 2. The first-order chi connectivity index (χ1) is 27.9. The summed E-state index contributed by atoms with van der Waals surface area (Å²) in [7, 11) is 1.46. The molecule has 58 heavy (non-hydrogen) atoms. The zero-order valence-electron chi connectivity index (χ0n) is 36.5. The normalized spacial score (nSPS) is 22.6. The van der Waals surface area contributed by atoms with Gasteiger partial charge >= 0.3 is 5.97 Å². The monoisotopic (exact) mass is 786 g/mol. The number of methoxy groups -OCH3 is 1. The maximum absolute atomic E-state index is 12.6. The standard InChI is InChI=1S/C48H62N6O4/c1-12-29-25(7)41-43-27(9)31(14-3)45(53-43)46-32(15-4)28(10)44(54-46)42-26(8)30(13-2)38(52-42)21-36-24(6)34(17-19-40-57-22-58-40)48(50-36)47-33(16-18-39(55)56-11)23(5)35(49-47)20-37(29)51-41/h21,27,37,40,43,49,52-54H,12-20,22H2,1-11H3/b36-21-. The van der Waals surface area contributed by atoms with Gasteiger partial charge in [0, 0.05) is 36.6 Å². The first kappa shape index (κ1) is 40.1. The van der Waals surface area contributed by atoms with E-state index in [1.165, 1.54) is 68.8 Å². The van der Waals surface area contributed by atoms with Gasteiger partial charge in [-0.25, -0.2) is 4.99 Å². The van der Waals surface area contributed by atoms with Crippen molar-refractivity contribution < 1.29 is 19.0 Å². The lowest BCUT2D eigenvalue weighted by molar-refractivity contribution is -0.321. The third-order valence-corrected chi connectivity index (χ3v) is 14.0. The van der Waals surface area contributed by atoms with Gasteiger partial charge in [0.15, 0.2) is 13.1 Å². The number of nitrogens with one attached hydrogen (secondary N) is 4. The van der Waals surface area contributed by atoms with E-state index >= 15 is 0 Å². The van der Waals surface area contributed by atoms with Gasteiger partial charge < -0.3 is 34.5 Å². The summed E-state index contributed by atoms with van der Waals surface area (Å²) in [5.74, 6) is 0.0653. The van der Waals surface area contributed by atoms with Crippen molar-refractivity contribution in [2.24, 2.45) is 15.9 Å². The Balaban J connectivity index is 1.37. The number of rotatable bonds is 10. The Kier molecular flexibility index (Phi) is 11.0. The maximum Gasteiger partial charge on any atom is 0.305 e. The van der Waals surface area contributed by atoms with Crippen molar-refractivity contribution in [1.29, 1.82) is 0 Å². The quantitative estimate of drug-likeness (QED) is 0.152. The third-order valence-electron chi connectivity index (χ3n) is 14.0. The van der Waals surface area contributed by atoms with Crippen LogP contribution in [0, 0.1) is 26.7 Å². The van der Waals surface area contributed by atoms with Crippen molar-refractivity contribution in [3.8, 4) is 11.4 Å². The van der Waals surface area contributed by atoms with Crippen molar-refractivity contribution in [1.82, 2.24) is 20.3 Å². The van der Waals surface area contributed by atoms with Crippen molar-refractivity contribution in [3.63, 3.8) is 0 Å². The van der Waals surface area contributed by atoms with Crippen LogP contribution in [0.25, 0.3) is 23.2 Å². The fraction of sp³-hybridized carbons (Fsp3) is 0.521. The van der Waals surface area contributed by atoms with E-state index in [1.54, 1.807) is 0 Å². The van der Waals surface area contributed by atoms with E-state index in [4.69, 9.17) is 24.2 Å². The Bertz CT molecular complexity index is 2370. The number of hydrogen-bond acceptors (Lipinski definition) is 7. The highest BCUT2D eigenvalue weighted by Gasteiger charge is 2.40. The minimum absolute atomic E-state index is 0.0135. The molecule has 1 saturated heterocycles. The first-order valence-electron chi connectivity index (χ1n) is 21.7. The average molecular weight is 787 g/mol. The molecule has 1 fully saturated rings.